The molecule has 1 aromatic rings. The second-order valence-electron chi connectivity index (χ2n) is 5.52. The minimum atomic E-state index is 0.584. The van der Waals surface area contributed by atoms with Gasteiger partial charge >= 0.3 is 0 Å². The number of likely N-dealkylation sites (tertiary alicyclic amines) is 1. The molecule has 1 aliphatic carbocycles. The first-order valence-electron chi connectivity index (χ1n) is 6.63. The Morgan fingerprint density at radius 2 is 2.06 bits per heavy atom. The first-order chi connectivity index (χ1) is 8.40. The Balaban J connectivity index is 1.37. The van der Waals surface area contributed by atoms with Crippen LogP contribution in [0.5, 0.6) is 0 Å². The van der Waals surface area contributed by atoms with E-state index in [1.165, 1.54) is 49.6 Å². The van der Waals surface area contributed by atoms with Crippen LogP contribution in [0.15, 0.2) is 6.20 Å². The van der Waals surface area contributed by atoms with Crippen molar-refractivity contribution in [2.75, 3.05) is 24.6 Å². The zero-order chi connectivity index (χ0) is 11.2. The van der Waals surface area contributed by atoms with Crippen molar-refractivity contribution in [1.82, 2.24) is 19.9 Å². The first-order valence-corrected chi connectivity index (χ1v) is 7.79. The molecule has 0 amide bonds. The van der Waals surface area contributed by atoms with Crippen LogP contribution in [0.1, 0.15) is 36.9 Å². The minimum absolute atomic E-state index is 0.584. The van der Waals surface area contributed by atoms with Gasteiger partial charge in [0.25, 0.3) is 0 Å². The standard InChI is InChI=1S/C12H18N4S/c1-2-9(1)12-7-16(14-13-12)11-5-15(6-11)10-3-4-17-8-10/h7,9-11H,1-6,8H2. The van der Waals surface area contributed by atoms with Gasteiger partial charge in [0.15, 0.2) is 0 Å². The van der Waals surface area contributed by atoms with Crippen molar-refractivity contribution in [3.05, 3.63) is 11.9 Å². The van der Waals surface area contributed by atoms with Crippen LogP contribution in [0.3, 0.4) is 0 Å². The molecule has 1 atom stereocenters. The topological polar surface area (TPSA) is 34.0 Å². The molecule has 1 aromatic heterocycles. The van der Waals surface area contributed by atoms with Crippen LogP contribution in [-0.4, -0.2) is 50.5 Å². The van der Waals surface area contributed by atoms with Gasteiger partial charge in [-0.05, 0) is 25.0 Å². The molecule has 4 nitrogen and oxygen atoms in total. The third kappa shape index (κ3) is 1.89. The van der Waals surface area contributed by atoms with Crippen molar-refractivity contribution in [1.29, 1.82) is 0 Å². The highest BCUT2D eigenvalue weighted by Crippen LogP contribution is 2.39. The summed E-state index contributed by atoms with van der Waals surface area (Å²) in [6, 6.07) is 1.42. The van der Waals surface area contributed by atoms with Crippen LogP contribution in [0.4, 0.5) is 0 Å². The summed E-state index contributed by atoms with van der Waals surface area (Å²) in [7, 11) is 0. The highest BCUT2D eigenvalue weighted by Gasteiger charge is 2.36. The Morgan fingerprint density at radius 3 is 2.76 bits per heavy atom. The Labute approximate surface area is 106 Å². The largest absolute Gasteiger partial charge is 0.295 e. The van der Waals surface area contributed by atoms with Crippen molar-refractivity contribution in [3.63, 3.8) is 0 Å². The molecule has 5 heteroatoms. The predicted molar refractivity (Wildman–Crippen MR) is 68.3 cm³/mol. The molecule has 0 aromatic carbocycles. The minimum Gasteiger partial charge on any atom is -0.295 e. The smallest absolute Gasteiger partial charge is 0.0858 e. The van der Waals surface area contributed by atoms with Gasteiger partial charge < -0.3 is 0 Å². The Morgan fingerprint density at radius 1 is 1.18 bits per heavy atom. The lowest BCUT2D eigenvalue weighted by Gasteiger charge is -2.42. The summed E-state index contributed by atoms with van der Waals surface area (Å²) in [6.45, 7) is 2.36. The first kappa shape index (κ1) is 10.4. The number of thioether (sulfide) groups is 1. The highest BCUT2D eigenvalue weighted by molar-refractivity contribution is 7.99. The van der Waals surface area contributed by atoms with Gasteiger partial charge in [-0.15, -0.1) is 5.10 Å². The Kier molecular flexibility index (Phi) is 2.43. The van der Waals surface area contributed by atoms with Crippen molar-refractivity contribution in [3.8, 4) is 0 Å². The molecule has 3 aliphatic rings. The molecule has 4 rings (SSSR count). The summed E-state index contributed by atoms with van der Waals surface area (Å²) in [4.78, 5) is 2.61. The monoisotopic (exact) mass is 250 g/mol. The zero-order valence-electron chi connectivity index (χ0n) is 9.96. The van der Waals surface area contributed by atoms with E-state index in [9.17, 15) is 0 Å². The molecule has 17 heavy (non-hydrogen) atoms. The molecule has 1 saturated carbocycles. The predicted octanol–water partition coefficient (Wildman–Crippen LogP) is 1.52. The maximum atomic E-state index is 4.30. The van der Waals surface area contributed by atoms with Gasteiger partial charge in [0, 0.05) is 37.0 Å². The van der Waals surface area contributed by atoms with Gasteiger partial charge in [-0.2, -0.15) is 11.8 Å². The molecule has 2 aliphatic heterocycles. The number of nitrogens with zero attached hydrogens (tertiary/aromatic N) is 4. The van der Waals surface area contributed by atoms with Gasteiger partial charge in [0.1, 0.15) is 0 Å². The van der Waals surface area contributed by atoms with Gasteiger partial charge in [0.2, 0.25) is 0 Å². The average molecular weight is 250 g/mol. The summed E-state index contributed by atoms with van der Waals surface area (Å²) in [5.41, 5.74) is 1.22. The van der Waals surface area contributed by atoms with E-state index >= 15 is 0 Å². The zero-order valence-corrected chi connectivity index (χ0v) is 10.8. The van der Waals surface area contributed by atoms with E-state index in [-0.39, 0.29) is 0 Å². The van der Waals surface area contributed by atoms with E-state index < -0.39 is 0 Å². The van der Waals surface area contributed by atoms with Crippen molar-refractivity contribution in [2.45, 2.75) is 37.3 Å². The normalized spacial score (nSPS) is 30.7. The lowest BCUT2D eigenvalue weighted by molar-refractivity contribution is 0.0621. The summed E-state index contributed by atoms with van der Waals surface area (Å²) >= 11 is 2.10. The van der Waals surface area contributed by atoms with Gasteiger partial charge in [-0.3, -0.25) is 4.90 Å². The molecule has 92 valence electrons. The molecule has 0 bridgehead atoms. The van der Waals surface area contributed by atoms with Crippen molar-refractivity contribution in [2.24, 2.45) is 0 Å². The number of aromatic nitrogens is 3. The Hall–Kier alpha value is -0.550. The fourth-order valence-electron chi connectivity index (χ4n) is 2.80. The summed E-state index contributed by atoms with van der Waals surface area (Å²) in [5.74, 6) is 3.41. The Bertz CT molecular complexity index is 402. The quantitative estimate of drug-likeness (QED) is 0.814. The van der Waals surface area contributed by atoms with E-state index in [4.69, 9.17) is 0 Å². The molecule has 3 heterocycles. The second-order valence-corrected chi connectivity index (χ2v) is 6.67. The van der Waals surface area contributed by atoms with Crippen LogP contribution in [-0.2, 0) is 0 Å². The summed E-state index contributed by atoms with van der Waals surface area (Å²) in [5, 5.41) is 8.59. The fraction of sp³-hybridized carbons (Fsp3) is 0.833. The van der Waals surface area contributed by atoms with Gasteiger partial charge in [-0.25, -0.2) is 4.68 Å². The maximum Gasteiger partial charge on any atom is 0.0858 e. The van der Waals surface area contributed by atoms with Crippen LogP contribution < -0.4 is 0 Å². The van der Waals surface area contributed by atoms with E-state index in [0.29, 0.717) is 6.04 Å². The summed E-state index contributed by atoms with van der Waals surface area (Å²) < 4.78 is 2.10. The molecular weight excluding hydrogens is 232 g/mol. The van der Waals surface area contributed by atoms with Crippen LogP contribution in [0, 0.1) is 0 Å². The third-order valence-corrected chi connectivity index (χ3v) is 5.36. The fourth-order valence-corrected chi connectivity index (χ4v) is 4.05. The third-order valence-electron chi connectivity index (χ3n) is 4.21. The molecule has 1 unspecified atom stereocenters. The molecule has 0 spiro atoms. The highest BCUT2D eigenvalue weighted by atomic mass is 32.2. The van der Waals surface area contributed by atoms with E-state index in [1.54, 1.807) is 0 Å². The van der Waals surface area contributed by atoms with E-state index in [0.717, 1.165) is 12.0 Å². The lowest BCUT2D eigenvalue weighted by Crippen LogP contribution is -2.52. The van der Waals surface area contributed by atoms with Crippen LogP contribution >= 0.6 is 11.8 Å². The van der Waals surface area contributed by atoms with Crippen LogP contribution in [0.2, 0.25) is 0 Å². The summed E-state index contributed by atoms with van der Waals surface area (Å²) in [6.07, 6.45) is 6.19. The number of hydrogen-bond donors (Lipinski definition) is 0. The molecule has 0 N–H and O–H groups in total. The number of rotatable bonds is 3. The molecular formula is C12H18N4S. The second kappa shape index (κ2) is 3.99. The average Bonchev–Trinajstić information content (AvgIpc) is 2.79. The van der Waals surface area contributed by atoms with Gasteiger partial charge in [-0.1, -0.05) is 5.21 Å². The lowest BCUT2D eigenvalue weighted by atomic mass is 10.1. The van der Waals surface area contributed by atoms with Crippen molar-refractivity contribution < 1.29 is 0 Å². The SMILES string of the molecule is c1c(C2CC2)nnn1C1CN(C2CCSC2)C1. The van der Waals surface area contributed by atoms with E-state index in [2.05, 4.69) is 37.9 Å². The maximum absolute atomic E-state index is 4.30. The molecule has 3 fully saturated rings. The molecule has 2 saturated heterocycles. The van der Waals surface area contributed by atoms with Gasteiger partial charge in [0.05, 0.1) is 11.7 Å². The molecule has 0 radical (unpaired) electrons. The van der Waals surface area contributed by atoms with Crippen LogP contribution in [0.25, 0.3) is 0 Å². The van der Waals surface area contributed by atoms with E-state index in [1.807, 2.05) is 0 Å². The number of hydrogen-bond acceptors (Lipinski definition) is 4. The van der Waals surface area contributed by atoms with Crippen molar-refractivity contribution >= 4 is 11.8 Å².